The van der Waals surface area contributed by atoms with Gasteiger partial charge in [-0.3, -0.25) is 14.4 Å². The van der Waals surface area contributed by atoms with Gasteiger partial charge in [0.05, 0.1) is 21.8 Å². The summed E-state index contributed by atoms with van der Waals surface area (Å²) in [5, 5.41) is 2.77. The molecule has 0 spiro atoms. The molecule has 1 N–H and O–H groups in total. The largest absolute Gasteiger partial charge is 0.322 e. The van der Waals surface area contributed by atoms with Gasteiger partial charge >= 0.3 is 0 Å². The van der Waals surface area contributed by atoms with Crippen LogP contribution in [0.5, 0.6) is 0 Å². The van der Waals surface area contributed by atoms with Crippen LogP contribution in [0.15, 0.2) is 72.8 Å². The summed E-state index contributed by atoms with van der Waals surface area (Å²) in [5.41, 5.74) is 1.80. The van der Waals surface area contributed by atoms with Crippen LogP contribution >= 0.6 is 11.6 Å². The Bertz CT molecular complexity index is 1190. The standard InChI is InChI=1S/C23H14ClFN2O3/c24-19-13-16(26-21(28)11-8-14-4-3-5-15(25)12-14)9-10-20(19)27-22(29)17-6-1-2-7-18(17)23(27)30/h1-13H,(H,26,28). The molecule has 7 heteroatoms. The molecule has 1 aliphatic heterocycles. The number of nitrogens with one attached hydrogen (secondary N) is 1. The Morgan fingerprint density at radius 1 is 0.933 bits per heavy atom. The van der Waals surface area contributed by atoms with Crippen molar-refractivity contribution < 1.29 is 18.8 Å². The second-order valence-corrected chi connectivity index (χ2v) is 6.94. The molecule has 0 atom stereocenters. The topological polar surface area (TPSA) is 66.5 Å². The van der Waals surface area contributed by atoms with Gasteiger partial charge in [-0.05, 0) is 54.1 Å². The Kier molecular flexibility index (Phi) is 5.16. The van der Waals surface area contributed by atoms with Gasteiger partial charge in [-0.2, -0.15) is 0 Å². The van der Waals surface area contributed by atoms with Crippen LogP contribution in [0.4, 0.5) is 15.8 Å². The van der Waals surface area contributed by atoms with E-state index in [2.05, 4.69) is 5.32 Å². The minimum atomic E-state index is -0.452. The van der Waals surface area contributed by atoms with Gasteiger partial charge in [0.15, 0.2) is 0 Å². The summed E-state index contributed by atoms with van der Waals surface area (Å²) in [4.78, 5) is 38.4. The van der Waals surface area contributed by atoms with Crippen LogP contribution in [0.25, 0.3) is 6.08 Å². The first kappa shape index (κ1) is 19.5. The molecular formula is C23H14ClFN2O3. The van der Waals surface area contributed by atoms with E-state index in [1.54, 1.807) is 42.5 Å². The van der Waals surface area contributed by atoms with Crippen LogP contribution in [0.1, 0.15) is 26.3 Å². The molecule has 3 aromatic carbocycles. The zero-order valence-electron chi connectivity index (χ0n) is 15.4. The summed E-state index contributed by atoms with van der Waals surface area (Å²) < 4.78 is 13.2. The van der Waals surface area contributed by atoms with E-state index in [0.717, 1.165) is 4.90 Å². The lowest BCUT2D eigenvalue weighted by Crippen LogP contribution is -2.29. The highest BCUT2D eigenvalue weighted by molar-refractivity contribution is 6.40. The Labute approximate surface area is 176 Å². The van der Waals surface area contributed by atoms with Gasteiger partial charge in [0.2, 0.25) is 5.91 Å². The Morgan fingerprint density at radius 2 is 1.63 bits per heavy atom. The van der Waals surface area contributed by atoms with E-state index in [-0.39, 0.29) is 10.7 Å². The minimum absolute atomic E-state index is 0.136. The number of fused-ring (bicyclic) bond motifs is 1. The maximum absolute atomic E-state index is 13.2. The third-order valence-electron chi connectivity index (χ3n) is 4.53. The monoisotopic (exact) mass is 420 g/mol. The molecule has 30 heavy (non-hydrogen) atoms. The molecule has 0 saturated carbocycles. The fraction of sp³-hybridized carbons (Fsp3) is 0. The predicted molar refractivity (Wildman–Crippen MR) is 113 cm³/mol. The van der Waals surface area contributed by atoms with E-state index in [0.29, 0.717) is 22.4 Å². The molecule has 5 nitrogen and oxygen atoms in total. The highest BCUT2D eigenvalue weighted by Crippen LogP contribution is 2.34. The Morgan fingerprint density at radius 3 is 2.27 bits per heavy atom. The fourth-order valence-electron chi connectivity index (χ4n) is 3.14. The van der Waals surface area contributed by atoms with Gasteiger partial charge in [0.1, 0.15) is 5.82 Å². The number of imide groups is 1. The van der Waals surface area contributed by atoms with E-state index < -0.39 is 23.5 Å². The van der Waals surface area contributed by atoms with Gasteiger partial charge in [0.25, 0.3) is 11.8 Å². The molecule has 0 fully saturated rings. The maximum atomic E-state index is 13.2. The molecule has 0 radical (unpaired) electrons. The first-order chi connectivity index (χ1) is 14.4. The summed E-state index contributed by atoms with van der Waals surface area (Å²) in [6, 6.07) is 16.9. The van der Waals surface area contributed by atoms with Crippen molar-refractivity contribution in [2.24, 2.45) is 0 Å². The third-order valence-corrected chi connectivity index (χ3v) is 4.83. The number of amides is 3. The number of carbonyl (C=O) groups is 3. The first-order valence-electron chi connectivity index (χ1n) is 8.96. The molecule has 0 aromatic heterocycles. The van der Waals surface area contributed by atoms with Crippen LogP contribution in [-0.2, 0) is 4.79 Å². The number of nitrogens with zero attached hydrogens (tertiary/aromatic N) is 1. The van der Waals surface area contributed by atoms with E-state index in [1.165, 1.54) is 36.4 Å². The first-order valence-corrected chi connectivity index (χ1v) is 9.34. The number of rotatable bonds is 4. The molecule has 0 aliphatic carbocycles. The number of benzene rings is 3. The summed E-state index contributed by atoms with van der Waals surface area (Å²) in [6.07, 6.45) is 2.74. The number of halogens is 2. The number of hydrogen-bond acceptors (Lipinski definition) is 3. The molecule has 1 heterocycles. The molecular weight excluding hydrogens is 407 g/mol. The summed E-state index contributed by atoms with van der Waals surface area (Å²) >= 11 is 6.30. The summed E-state index contributed by atoms with van der Waals surface area (Å²) in [7, 11) is 0. The lowest BCUT2D eigenvalue weighted by atomic mass is 10.1. The van der Waals surface area contributed by atoms with Gasteiger partial charge in [0, 0.05) is 11.8 Å². The van der Waals surface area contributed by atoms with Gasteiger partial charge in [-0.25, -0.2) is 9.29 Å². The predicted octanol–water partition coefficient (Wildman–Crippen LogP) is 4.93. The zero-order chi connectivity index (χ0) is 21.3. The third kappa shape index (κ3) is 3.73. The van der Waals surface area contributed by atoms with E-state index >= 15 is 0 Å². The summed E-state index contributed by atoms with van der Waals surface area (Å²) in [6.45, 7) is 0. The number of hydrogen-bond donors (Lipinski definition) is 1. The Hall–Kier alpha value is -3.77. The molecule has 148 valence electrons. The second kappa shape index (κ2) is 7.93. The van der Waals surface area contributed by atoms with Crippen molar-refractivity contribution in [3.63, 3.8) is 0 Å². The van der Waals surface area contributed by atoms with Crippen molar-refractivity contribution in [1.29, 1.82) is 0 Å². The van der Waals surface area contributed by atoms with Gasteiger partial charge in [-0.1, -0.05) is 35.9 Å². The van der Waals surface area contributed by atoms with Crippen molar-refractivity contribution in [2.75, 3.05) is 10.2 Å². The molecule has 0 bridgehead atoms. The number of anilines is 2. The minimum Gasteiger partial charge on any atom is -0.322 e. The Balaban J connectivity index is 1.51. The fourth-order valence-corrected chi connectivity index (χ4v) is 3.41. The van der Waals surface area contributed by atoms with Crippen LogP contribution < -0.4 is 10.2 Å². The molecule has 0 saturated heterocycles. The van der Waals surface area contributed by atoms with Crippen molar-refractivity contribution in [3.05, 3.63) is 100 Å². The van der Waals surface area contributed by atoms with Gasteiger partial charge in [-0.15, -0.1) is 0 Å². The summed E-state index contributed by atoms with van der Waals surface area (Å²) in [5.74, 6) is -1.74. The average molecular weight is 421 g/mol. The molecule has 3 aromatic rings. The molecule has 1 aliphatic rings. The smallest absolute Gasteiger partial charge is 0.266 e. The van der Waals surface area contributed by atoms with Crippen molar-refractivity contribution in [1.82, 2.24) is 0 Å². The van der Waals surface area contributed by atoms with Crippen LogP contribution in [0, 0.1) is 5.82 Å². The highest BCUT2D eigenvalue weighted by atomic mass is 35.5. The van der Waals surface area contributed by atoms with Crippen molar-refractivity contribution in [3.8, 4) is 0 Å². The molecule has 4 rings (SSSR count). The highest BCUT2D eigenvalue weighted by Gasteiger charge is 2.37. The zero-order valence-corrected chi connectivity index (χ0v) is 16.2. The van der Waals surface area contributed by atoms with Crippen LogP contribution in [-0.4, -0.2) is 17.7 Å². The number of carbonyl (C=O) groups excluding carboxylic acids is 3. The van der Waals surface area contributed by atoms with E-state index in [9.17, 15) is 18.8 Å². The van der Waals surface area contributed by atoms with E-state index in [1.807, 2.05) is 0 Å². The lowest BCUT2D eigenvalue weighted by molar-refractivity contribution is -0.111. The quantitative estimate of drug-likeness (QED) is 0.480. The van der Waals surface area contributed by atoms with Crippen molar-refractivity contribution >= 4 is 46.8 Å². The molecule has 0 unspecified atom stereocenters. The van der Waals surface area contributed by atoms with E-state index in [4.69, 9.17) is 11.6 Å². The van der Waals surface area contributed by atoms with Crippen molar-refractivity contribution in [2.45, 2.75) is 0 Å². The second-order valence-electron chi connectivity index (χ2n) is 6.54. The maximum Gasteiger partial charge on any atom is 0.266 e. The molecule has 3 amide bonds. The SMILES string of the molecule is O=C(C=Cc1cccc(F)c1)Nc1ccc(N2C(=O)c3ccccc3C2=O)c(Cl)c1. The average Bonchev–Trinajstić information content (AvgIpc) is 2.98. The van der Waals surface area contributed by atoms with Gasteiger partial charge < -0.3 is 5.32 Å². The van der Waals surface area contributed by atoms with Crippen LogP contribution in [0.2, 0.25) is 5.02 Å². The van der Waals surface area contributed by atoms with Crippen LogP contribution in [0.3, 0.4) is 0 Å². The normalized spacial score (nSPS) is 13.1. The lowest BCUT2D eigenvalue weighted by Gasteiger charge is -2.16.